The van der Waals surface area contributed by atoms with E-state index in [2.05, 4.69) is 0 Å². The molecule has 1 amide bonds. The number of aliphatic hydroxyl groups excluding tert-OH is 1. The molecule has 1 saturated heterocycles. The van der Waals surface area contributed by atoms with Gasteiger partial charge in [-0.05, 0) is 49.2 Å². The minimum absolute atomic E-state index is 0.0373. The summed E-state index contributed by atoms with van der Waals surface area (Å²) in [5.74, 6) is -3.18. The van der Waals surface area contributed by atoms with Crippen LogP contribution in [-0.4, -0.2) is 21.9 Å². The van der Waals surface area contributed by atoms with Crippen molar-refractivity contribution < 1.29 is 24.2 Å². The molecule has 0 radical (unpaired) electrons. The van der Waals surface area contributed by atoms with Crippen molar-refractivity contribution in [2.24, 2.45) is 0 Å². The van der Waals surface area contributed by atoms with E-state index in [1.54, 1.807) is 36.4 Å². The second-order valence-electron chi connectivity index (χ2n) is 7.48. The number of aliphatic hydroxyl groups is 1. The number of hydrogen-bond donors (Lipinski definition) is 2. The number of aryl methyl sites for hydroxylation is 2. The number of carbonyl (C=O) groups excluding carboxylic acids is 2. The van der Waals surface area contributed by atoms with Gasteiger partial charge in [-0.3, -0.25) is 14.5 Å². The number of anilines is 1. The molecule has 1 atom stereocenters. The molecular weight excluding hydrogens is 397 g/mol. The van der Waals surface area contributed by atoms with E-state index in [1.165, 1.54) is 30.3 Å². The van der Waals surface area contributed by atoms with Crippen LogP contribution in [0.15, 0.2) is 72.3 Å². The number of aromatic hydroxyl groups is 1. The summed E-state index contributed by atoms with van der Waals surface area (Å²) >= 11 is 0. The van der Waals surface area contributed by atoms with Crippen LogP contribution in [0.3, 0.4) is 0 Å². The molecule has 1 aliphatic heterocycles. The highest BCUT2D eigenvalue weighted by molar-refractivity contribution is 6.51. The number of para-hydroxylation sites is 2. The highest BCUT2D eigenvalue weighted by Gasteiger charge is 2.48. The van der Waals surface area contributed by atoms with Crippen molar-refractivity contribution in [3.63, 3.8) is 0 Å². The topological polar surface area (TPSA) is 77.8 Å². The molecule has 0 aliphatic carbocycles. The van der Waals surface area contributed by atoms with Crippen LogP contribution in [0.25, 0.3) is 5.76 Å². The van der Waals surface area contributed by atoms with E-state index >= 15 is 0 Å². The molecule has 4 rings (SSSR count). The lowest BCUT2D eigenvalue weighted by Gasteiger charge is -2.26. The van der Waals surface area contributed by atoms with Gasteiger partial charge in [0.25, 0.3) is 11.7 Å². The molecule has 5 nitrogen and oxygen atoms in total. The van der Waals surface area contributed by atoms with Crippen molar-refractivity contribution in [3.05, 3.63) is 100 Å². The number of rotatable bonds is 3. The average molecular weight is 417 g/mol. The van der Waals surface area contributed by atoms with Crippen LogP contribution in [0.2, 0.25) is 0 Å². The van der Waals surface area contributed by atoms with E-state index in [-0.39, 0.29) is 22.6 Å². The predicted octanol–water partition coefficient (Wildman–Crippen LogP) is 4.77. The van der Waals surface area contributed by atoms with Gasteiger partial charge in [-0.25, -0.2) is 4.39 Å². The van der Waals surface area contributed by atoms with Gasteiger partial charge in [-0.1, -0.05) is 42.5 Å². The first kappa shape index (κ1) is 20.3. The number of phenolic OH excluding ortho intramolecular Hbond substituents is 1. The molecule has 0 aromatic heterocycles. The fourth-order valence-electron chi connectivity index (χ4n) is 3.78. The Kier molecular flexibility index (Phi) is 5.07. The van der Waals surface area contributed by atoms with Crippen LogP contribution < -0.4 is 4.90 Å². The number of carbonyl (C=O) groups is 2. The fourth-order valence-corrected chi connectivity index (χ4v) is 3.78. The molecule has 2 N–H and O–H groups in total. The van der Waals surface area contributed by atoms with Crippen molar-refractivity contribution in [1.29, 1.82) is 0 Å². The summed E-state index contributed by atoms with van der Waals surface area (Å²) in [5, 5.41) is 21.4. The van der Waals surface area contributed by atoms with Gasteiger partial charge in [0.15, 0.2) is 0 Å². The summed E-state index contributed by atoms with van der Waals surface area (Å²) in [7, 11) is 0. The second kappa shape index (κ2) is 7.72. The Morgan fingerprint density at radius 3 is 2.29 bits per heavy atom. The highest BCUT2D eigenvalue weighted by Crippen LogP contribution is 2.45. The van der Waals surface area contributed by atoms with Crippen LogP contribution in [0.5, 0.6) is 5.75 Å². The van der Waals surface area contributed by atoms with Crippen LogP contribution in [-0.2, 0) is 9.59 Å². The molecule has 1 aliphatic rings. The lowest BCUT2D eigenvalue weighted by Crippen LogP contribution is -2.29. The molecule has 31 heavy (non-hydrogen) atoms. The summed E-state index contributed by atoms with van der Waals surface area (Å²) in [6.45, 7) is 3.77. The van der Waals surface area contributed by atoms with Crippen molar-refractivity contribution in [1.82, 2.24) is 0 Å². The van der Waals surface area contributed by atoms with Gasteiger partial charge in [-0.2, -0.15) is 0 Å². The van der Waals surface area contributed by atoms with Crippen molar-refractivity contribution >= 4 is 23.1 Å². The smallest absolute Gasteiger partial charge is 0.300 e. The van der Waals surface area contributed by atoms with E-state index in [0.717, 1.165) is 16.0 Å². The van der Waals surface area contributed by atoms with E-state index < -0.39 is 29.3 Å². The molecule has 1 fully saturated rings. The Balaban J connectivity index is 2.00. The molecular formula is C25H20FNO4. The molecule has 1 unspecified atom stereocenters. The van der Waals surface area contributed by atoms with E-state index in [9.17, 15) is 24.2 Å². The molecule has 3 aromatic carbocycles. The molecule has 6 heteroatoms. The summed E-state index contributed by atoms with van der Waals surface area (Å²) in [5.41, 5.74) is 2.09. The van der Waals surface area contributed by atoms with Gasteiger partial charge >= 0.3 is 0 Å². The van der Waals surface area contributed by atoms with Gasteiger partial charge < -0.3 is 10.2 Å². The Morgan fingerprint density at radius 1 is 0.935 bits per heavy atom. The van der Waals surface area contributed by atoms with Gasteiger partial charge in [0, 0.05) is 11.1 Å². The summed E-state index contributed by atoms with van der Waals surface area (Å²) < 4.78 is 14.8. The Hall–Kier alpha value is -3.93. The SMILES string of the molecule is Cc1ccc(/C(O)=C2\C(=O)C(=O)N(c3ccccc3O)C2c2ccccc2F)cc1C. The minimum Gasteiger partial charge on any atom is -0.507 e. The lowest BCUT2D eigenvalue weighted by molar-refractivity contribution is -0.132. The number of Topliss-reactive ketones (excluding diaryl/α,β-unsaturated/α-hetero) is 1. The number of ketones is 1. The zero-order valence-electron chi connectivity index (χ0n) is 17.0. The summed E-state index contributed by atoms with van der Waals surface area (Å²) in [6.07, 6.45) is 0. The molecule has 156 valence electrons. The zero-order valence-corrected chi connectivity index (χ0v) is 17.0. The van der Waals surface area contributed by atoms with Gasteiger partial charge in [0.1, 0.15) is 17.3 Å². The van der Waals surface area contributed by atoms with E-state index in [1.807, 2.05) is 13.8 Å². The quantitative estimate of drug-likeness (QED) is 0.365. The van der Waals surface area contributed by atoms with Crippen molar-refractivity contribution in [2.45, 2.75) is 19.9 Å². The lowest BCUT2D eigenvalue weighted by atomic mass is 9.94. The third kappa shape index (κ3) is 3.36. The summed E-state index contributed by atoms with van der Waals surface area (Å²) in [4.78, 5) is 27.1. The molecule has 0 saturated carbocycles. The van der Waals surface area contributed by atoms with Crippen molar-refractivity contribution in [2.75, 3.05) is 4.90 Å². The molecule has 0 spiro atoms. The first-order valence-electron chi connectivity index (χ1n) is 9.72. The van der Waals surface area contributed by atoms with Gasteiger partial charge in [-0.15, -0.1) is 0 Å². The highest BCUT2D eigenvalue weighted by atomic mass is 19.1. The Labute approximate surface area is 178 Å². The fraction of sp³-hybridized carbons (Fsp3) is 0.120. The monoisotopic (exact) mass is 417 g/mol. The Morgan fingerprint density at radius 2 is 1.61 bits per heavy atom. The largest absolute Gasteiger partial charge is 0.507 e. The maximum atomic E-state index is 14.8. The minimum atomic E-state index is -1.24. The molecule has 1 heterocycles. The number of halogens is 1. The third-order valence-corrected chi connectivity index (χ3v) is 5.57. The average Bonchev–Trinajstić information content (AvgIpc) is 3.01. The number of nitrogens with zero attached hydrogens (tertiary/aromatic N) is 1. The van der Waals surface area contributed by atoms with Crippen LogP contribution >= 0.6 is 0 Å². The standard InChI is InChI=1S/C25H20FNO4/c1-14-11-12-16(13-15(14)2)23(29)21-22(17-7-3-4-8-18(17)26)27(25(31)24(21)30)19-9-5-6-10-20(19)28/h3-13,22,28-29H,1-2H3/b23-21+. The van der Waals surface area contributed by atoms with Crippen molar-refractivity contribution in [3.8, 4) is 5.75 Å². The Bertz CT molecular complexity index is 1250. The van der Waals surface area contributed by atoms with E-state index in [4.69, 9.17) is 0 Å². The normalized spacial score (nSPS) is 17.9. The van der Waals surface area contributed by atoms with Gasteiger partial charge in [0.05, 0.1) is 17.3 Å². The van der Waals surface area contributed by atoms with Crippen LogP contribution in [0.1, 0.15) is 28.3 Å². The second-order valence-corrected chi connectivity index (χ2v) is 7.48. The van der Waals surface area contributed by atoms with Crippen LogP contribution in [0, 0.1) is 19.7 Å². The number of phenols is 1. The predicted molar refractivity (Wildman–Crippen MR) is 115 cm³/mol. The third-order valence-electron chi connectivity index (χ3n) is 5.57. The number of amides is 1. The number of hydrogen-bond acceptors (Lipinski definition) is 4. The molecule has 3 aromatic rings. The van der Waals surface area contributed by atoms with Crippen LogP contribution in [0.4, 0.5) is 10.1 Å². The first-order valence-corrected chi connectivity index (χ1v) is 9.72. The van der Waals surface area contributed by atoms with Gasteiger partial charge in [0.2, 0.25) is 0 Å². The first-order chi connectivity index (χ1) is 14.8. The zero-order chi connectivity index (χ0) is 22.3. The maximum Gasteiger partial charge on any atom is 0.300 e. The molecule has 0 bridgehead atoms. The maximum absolute atomic E-state index is 14.8. The summed E-state index contributed by atoms with van der Waals surface area (Å²) in [6, 6.07) is 15.6. The van der Waals surface area contributed by atoms with E-state index in [0.29, 0.717) is 5.56 Å². The number of benzene rings is 3.